The Labute approximate surface area is 105 Å². The number of rotatable bonds is 5. The van der Waals surface area contributed by atoms with Crippen molar-refractivity contribution in [2.45, 2.75) is 12.8 Å². The van der Waals surface area contributed by atoms with E-state index in [1.165, 1.54) is 4.90 Å². The maximum absolute atomic E-state index is 12.0. The predicted molar refractivity (Wildman–Crippen MR) is 65.0 cm³/mol. The Bertz CT molecular complexity index is 491. The molecule has 0 aliphatic heterocycles. The molecule has 0 heterocycles. The highest BCUT2D eigenvalue weighted by Crippen LogP contribution is 2.08. The summed E-state index contributed by atoms with van der Waals surface area (Å²) in [5.74, 6) is -1.18. The Balaban J connectivity index is 2.74. The van der Waals surface area contributed by atoms with E-state index in [1.54, 1.807) is 31.3 Å². The minimum absolute atomic E-state index is 0.0832. The second-order valence-electron chi connectivity index (χ2n) is 3.91. The molecule has 1 aromatic carbocycles. The lowest BCUT2D eigenvalue weighted by Crippen LogP contribution is -2.29. The molecule has 0 bridgehead atoms. The Hall–Kier alpha value is -2.35. The minimum atomic E-state index is -0.937. The van der Waals surface area contributed by atoms with Crippen molar-refractivity contribution in [2.24, 2.45) is 0 Å². The van der Waals surface area contributed by atoms with E-state index in [2.05, 4.69) is 0 Å². The highest BCUT2D eigenvalue weighted by Gasteiger charge is 2.12. The second-order valence-corrected chi connectivity index (χ2v) is 3.91. The lowest BCUT2D eigenvalue weighted by atomic mass is 10.1. The van der Waals surface area contributed by atoms with Gasteiger partial charge in [0.15, 0.2) is 0 Å². The number of carbonyl (C=O) groups is 2. The van der Waals surface area contributed by atoms with E-state index in [9.17, 15) is 9.59 Å². The van der Waals surface area contributed by atoms with Crippen molar-refractivity contribution in [2.75, 3.05) is 13.6 Å². The molecular formula is C13H14N2O3. The third-order valence-corrected chi connectivity index (χ3v) is 2.46. The number of carboxylic acids is 1. The first-order valence-corrected chi connectivity index (χ1v) is 5.47. The van der Waals surface area contributed by atoms with Crippen LogP contribution in [0.3, 0.4) is 0 Å². The smallest absolute Gasteiger partial charge is 0.305 e. The fourth-order valence-corrected chi connectivity index (χ4v) is 1.49. The zero-order valence-electron chi connectivity index (χ0n) is 10.1. The van der Waals surface area contributed by atoms with Gasteiger partial charge in [-0.2, -0.15) is 5.26 Å². The van der Waals surface area contributed by atoms with E-state index in [-0.39, 0.29) is 25.3 Å². The van der Waals surface area contributed by atoms with Crippen LogP contribution in [0.1, 0.15) is 22.3 Å². The minimum Gasteiger partial charge on any atom is -0.481 e. The van der Waals surface area contributed by atoms with E-state index in [0.29, 0.717) is 5.56 Å². The van der Waals surface area contributed by atoms with Gasteiger partial charge in [0, 0.05) is 19.2 Å². The summed E-state index contributed by atoms with van der Waals surface area (Å²) < 4.78 is 0. The monoisotopic (exact) mass is 246 g/mol. The van der Waals surface area contributed by atoms with Gasteiger partial charge >= 0.3 is 5.97 Å². The van der Waals surface area contributed by atoms with Crippen LogP contribution in [0.2, 0.25) is 0 Å². The summed E-state index contributed by atoms with van der Waals surface area (Å²) in [5, 5.41) is 17.1. The van der Waals surface area contributed by atoms with Gasteiger partial charge in [-0.3, -0.25) is 9.59 Å². The Morgan fingerprint density at radius 2 is 2.17 bits per heavy atom. The van der Waals surface area contributed by atoms with Crippen molar-refractivity contribution in [3.63, 3.8) is 0 Å². The van der Waals surface area contributed by atoms with E-state index >= 15 is 0 Å². The first-order valence-electron chi connectivity index (χ1n) is 5.47. The van der Waals surface area contributed by atoms with Crippen LogP contribution >= 0.6 is 0 Å². The van der Waals surface area contributed by atoms with Crippen molar-refractivity contribution in [3.8, 4) is 6.07 Å². The summed E-state index contributed by atoms with van der Waals surface area (Å²) in [6.07, 6.45) is 0.167. The number of nitrogens with zero attached hydrogens (tertiary/aromatic N) is 2. The van der Waals surface area contributed by atoms with Crippen molar-refractivity contribution >= 4 is 11.9 Å². The van der Waals surface area contributed by atoms with Crippen molar-refractivity contribution in [3.05, 3.63) is 35.4 Å². The number of carboxylic acid groups (broad SMARTS) is 1. The molecule has 1 N–H and O–H groups in total. The molecule has 0 aliphatic carbocycles. The zero-order chi connectivity index (χ0) is 13.5. The molecule has 94 valence electrons. The average molecular weight is 246 g/mol. The maximum Gasteiger partial charge on any atom is 0.305 e. The van der Waals surface area contributed by atoms with Gasteiger partial charge in [0.1, 0.15) is 0 Å². The summed E-state index contributed by atoms with van der Waals surface area (Å²) in [6.45, 7) is 0.163. The van der Waals surface area contributed by atoms with Gasteiger partial charge in [-0.05, 0) is 17.7 Å². The standard InChI is InChI=1S/C13H14N2O3/c1-15(8-6-12(16)17)13(18)11-4-2-3-10(9-11)5-7-14/h2-4,9H,5-6,8H2,1H3,(H,16,17). The van der Waals surface area contributed by atoms with E-state index in [1.807, 2.05) is 6.07 Å². The molecular weight excluding hydrogens is 232 g/mol. The van der Waals surface area contributed by atoms with Gasteiger partial charge in [-0.1, -0.05) is 12.1 Å². The van der Waals surface area contributed by atoms with Gasteiger partial charge in [0.05, 0.1) is 18.9 Å². The number of aliphatic carboxylic acids is 1. The SMILES string of the molecule is CN(CCC(=O)O)C(=O)c1cccc(CC#N)c1. The summed E-state index contributed by atoms with van der Waals surface area (Å²) in [6, 6.07) is 8.81. The summed E-state index contributed by atoms with van der Waals surface area (Å²) in [5.41, 5.74) is 1.24. The topological polar surface area (TPSA) is 81.4 Å². The van der Waals surface area contributed by atoms with Crippen LogP contribution in [-0.2, 0) is 11.2 Å². The van der Waals surface area contributed by atoms with Gasteiger partial charge in [0.25, 0.3) is 5.91 Å². The van der Waals surface area contributed by atoms with E-state index in [0.717, 1.165) is 5.56 Å². The number of hydrogen-bond donors (Lipinski definition) is 1. The maximum atomic E-state index is 12.0. The number of benzene rings is 1. The highest BCUT2D eigenvalue weighted by molar-refractivity contribution is 5.94. The average Bonchev–Trinajstić information content (AvgIpc) is 2.35. The van der Waals surface area contributed by atoms with Crippen LogP contribution in [0.5, 0.6) is 0 Å². The first-order chi connectivity index (χ1) is 8.54. The molecule has 0 spiro atoms. The fraction of sp³-hybridized carbons (Fsp3) is 0.308. The molecule has 0 saturated carbocycles. The fourth-order valence-electron chi connectivity index (χ4n) is 1.49. The highest BCUT2D eigenvalue weighted by atomic mass is 16.4. The number of hydrogen-bond acceptors (Lipinski definition) is 3. The largest absolute Gasteiger partial charge is 0.481 e. The lowest BCUT2D eigenvalue weighted by Gasteiger charge is -2.16. The summed E-state index contributed by atoms with van der Waals surface area (Å²) in [7, 11) is 1.56. The molecule has 1 amide bonds. The third-order valence-electron chi connectivity index (χ3n) is 2.46. The molecule has 5 nitrogen and oxygen atoms in total. The van der Waals surface area contributed by atoms with Crippen LogP contribution in [0.4, 0.5) is 0 Å². The lowest BCUT2D eigenvalue weighted by molar-refractivity contribution is -0.137. The van der Waals surface area contributed by atoms with Crippen molar-refractivity contribution in [1.82, 2.24) is 4.90 Å². The number of nitriles is 1. The molecule has 18 heavy (non-hydrogen) atoms. The van der Waals surface area contributed by atoms with Crippen molar-refractivity contribution < 1.29 is 14.7 Å². The molecule has 0 atom stereocenters. The van der Waals surface area contributed by atoms with Gasteiger partial charge < -0.3 is 10.0 Å². The van der Waals surface area contributed by atoms with Crippen LogP contribution in [0.15, 0.2) is 24.3 Å². The van der Waals surface area contributed by atoms with Gasteiger partial charge in [0.2, 0.25) is 0 Å². The zero-order valence-corrected chi connectivity index (χ0v) is 10.1. The first kappa shape index (κ1) is 13.7. The van der Waals surface area contributed by atoms with E-state index < -0.39 is 5.97 Å². The van der Waals surface area contributed by atoms with Crippen LogP contribution in [-0.4, -0.2) is 35.5 Å². The molecule has 0 aliphatic rings. The number of amides is 1. The predicted octanol–water partition coefficient (Wildman–Crippen LogP) is 1.30. The quantitative estimate of drug-likeness (QED) is 0.849. The van der Waals surface area contributed by atoms with Gasteiger partial charge in [-0.25, -0.2) is 0 Å². The summed E-state index contributed by atoms with van der Waals surface area (Å²) >= 11 is 0. The molecule has 0 radical (unpaired) electrons. The molecule has 0 aromatic heterocycles. The summed E-state index contributed by atoms with van der Waals surface area (Å²) in [4.78, 5) is 23.8. The normalized spacial score (nSPS) is 9.56. The number of carbonyl (C=O) groups excluding carboxylic acids is 1. The molecule has 5 heteroatoms. The van der Waals surface area contributed by atoms with Gasteiger partial charge in [-0.15, -0.1) is 0 Å². The van der Waals surface area contributed by atoms with Crippen LogP contribution < -0.4 is 0 Å². The van der Waals surface area contributed by atoms with Crippen molar-refractivity contribution in [1.29, 1.82) is 5.26 Å². The molecule has 0 unspecified atom stereocenters. The molecule has 0 fully saturated rings. The molecule has 1 rings (SSSR count). The Kier molecular flexibility index (Phi) is 4.88. The Morgan fingerprint density at radius 3 is 2.78 bits per heavy atom. The Morgan fingerprint density at radius 1 is 1.44 bits per heavy atom. The second kappa shape index (κ2) is 6.40. The third kappa shape index (κ3) is 3.91. The molecule has 0 saturated heterocycles. The van der Waals surface area contributed by atoms with E-state index in [4.69, 9.17) is 10.4 Å². The van der Waals surface area contributed by atoms with Crippen LogP contribution in [0.25, 0.3) is 0 Å². The van der Waals surface area contributed by atoms with Crippen LogP contribution in [0, 0.1) is 11.3 Å². The molecule has 1 aromatic rings.